The smallest absolute Gasteiger partial charge is 0.330 e. The van der Waals surface area contributed by atoms with Crippen molar-refractivity contribution in [3.8, 4) is 0 Å². The molecule has 17 heavy (non-hydrogen) atoms. The van der Waals surface area contributed by atoms with Gasteiger partial charge >= 0.3 is 12.0 Å². The fourth-order valence-corrected chi connectivity index (χ4v) is 1.44. The van der Waals surface area contributed by atoms with Crippen molar-refractivity contribution in [2.24, 2.45) is 0 Å². The Balaban J connectivity index is 2.31. The zero-order valence-electron chi connectivity index (χ0n) is 9.72. The Bertz CT molecular complexity index is 278. The first-order chi connectivity index (χ1) is 8.02. The van der Waals surface area contributed by atoms with Gasteiger partial charge in [0, 0.05) is 26.2 Å². The van der Waals surface area contributed by atoms with Crippen LogP contribution in [0.1, 0.15) is 0 Å². The van der Waals surface area contributed by atoms with E-state index < -0.39 is 24.6 Å². The van der Waals surface area contributed by atoms with Gasteiger partial charge in [-0.25, -0.2) is 14.6 Å². The number of carbonyl (C=O) groups is 2. The van der Waals surface area contributed by atoms with Crippen molar-refractivity contribution in [3.63, 3.8) is 0 Å². The molecule has 1 aliphatic heterocycles. The molecule has 0 aromatic heterocycles. The van der Waals surface area contributed by atoms with E-state index in [-0.39, 0.29) is 0 Å². The molecule has 1 saturated heterocycles. The number of carboxylic acid groups (broad SMARTS) is 1. The molecule has 0 aromatic rings. The number of aliphatic hydroxyl groups excluding tert-OH is 1. The number of amides is 2. The molecule has 8 heteroatoms. The number of aliphatic carboxylic acids is 1. The average Bonchev–Trinajstić information content (AvgIpc) is 2.28. The first-order valence-corrected chi connectivity index (χ1v) is 5.37. The van der Waals surface area contributed by atoms with Crippen LogP contribution < -0.4 is 10.7 Å². The van der Waals surface area contributed by atoms with Gasteiger partial charge in [0.2, 0.25) is 0 Å². The number of hydrogen-bond acceptors (Lipinski definition) is 5. The summed E-state index contributed by atoms with van der Waals surface area (Å²) in [5, 5.41) is 21.3. The van der Waals surface area contributed by atoms with Crippen LogP contribution in [-0.2, 0) is 4.79 Å². The molecular weight excluding hydrogens is 228 g/mol. The summed E-state index contributed by atoms with van der Waals surface area (Å²) in [7, 11) is 1.99. The summed E-state index contributed by atoms with van der Waals surface area (Å²) in [5.41, 5.74) is 2.54. The number of carbonyl (C=O) groups excluding carboxylic acids is 1. The lowest BCUT2D eigenvalue weighted by Crippen LogP contribution is -2.57. The Morgan fingerprint density at radius 1 is 1.29 bits per heavy atom. The summed E-state index contributed by atoms with van der Waals surface area (Å²) in [6.07, 6.45) is 0. The van der Waals surface area contributed by atoms with Crippen LogP contribution in [0, 0.1) is 0 Å². The second-order valence-electron chi connectivity index (χ2n) is 3.95. The summed E-state index contributed by atoms with van der Waals surface area (Å²) in [6, 6.07) is -1.89. The summed E-state index contributed by atoms with van der Waals surface area (Å²) in [5.74, 6) is -1.26. The van der Waals surface area contributed by atoms with Gasteiger partial charge in [-0.2, -0.15) is 0 Å². The minimum Gasteiger partial charge on any atom is -0.480 e. The topological polar surface area (TPSA) is 105 Å². The molecular formula is C9H18N4O4. The molecule has 0 aromatic carbocycles. The van der Waals surface area contributed by atoms with Crippen molar-refractivity contribution in [1.82, 2.24) is 20.7 Å². The van der Waals surface area contributed by atoms with Crippen LogP contribution >= 0.6 is 0 Å². The molecule has 0 spiro atoms. The summed E-state index contributed by atoms with van der Waals surface area (Å²) >= 11 is 0. The summed E-state index contributed by atoms with van der Waals surface area (Å²) < 4.78 is 0. The molecule has 4 N–H and O–H groups in total. The first-order valence-electron chi connectivity index (χ1n) is 5.37. The molecule has 0 bridgehead atoms. The fourth-order valence-electron chi connectivity index (χ4n) is 1.44. The lowest BCUT2D eigenvalue weighted by molar-refractivity contribution is -0.140. The molecule has 98 valence electrons. The highest BCUT2D eigenvalue weighted by Crippen LogP contribution is 1.95. The predicted octanol–water partition coefficient (Wildman–Crippen LogP) is -2.11. The maximum Gasteiger partial charge on any atom is 0.330 e. The highest BCUT2D eigenvalue weighted by atomic mass is 16.4. The Hall–Kier alpha value is -1.38. The van der Waals surface area contributed by atoms with Gasteiger partial charge in [0.1, 0.15) is 0 Å². The Morgan fingerprint density at radius 2 is 1.88 bits per heavy atom. The molecule has 0 saturated carbocycles. The van der Waals surface area contributed by atoms with Gasteiger partial charge in [-0.15, -0.1) is 0 Å². The van der Waals surface area contributed by atoms with Gasteiger partial charge < -0.3 is 20.4 Å². The van der Waals surface area contributed by atoms with Crippen LogP contribution in [-0.4, -0.2) is 78.0 Å². The second kappa shape index (κ2) is 6.38. The number of nitrogens with one attached hydrogen (secondary N) is 2. The van der Waals surface area contributed by atoms with Crippen molar-refractivity contribution >= 4 is 12.0 Å². The standard InChI is InChI=1S/C9H18N4O4/c1-12-2-4-13(5-3-12)11-9(17)10-7(6-14)8(15)16/h7,14H,2-6H2,1H3,(H,15,16)(H2,10,11,17). The van der Waals surface area contributed by atoms with Crippen molar-refractivity contribution in [2.75, 3.05) is 39.8 Å². The number of piperazine rings is 1. The van der Waals surface area contributed by atoms with Crippen LogP contribution in [0.5, 0.6) is 0 Å². The largest absolute Gasteiger partial charge is 0.480 e. The Kier molecular flexibility index (Phi) is 5.13. The van der Waals surface area contributed by atoms with Gasteiger partial charge in [-0.1, -0.05) is 0 Å². The van der Waals surface area contributed by atoms with Crippen LogP contribution in [0.25, 0.3) is 0 Å². The molecule has 0 aliphatic carbocycles. The van der Waals surface area contributed by atoms with Crippen LogP contribution in [0.4, 0.5) is 4.79 Å². The number of likely N-dealkylation sites (N-methyl/N-ethyl adjacent to an activating group) is 1. The molecule has 1 unspecified atom stereocenters. The van der Waals surface area contributed by atoms with E-state index in [0.717, 1.165) is 13.1 Å². The van der Waals surface area contributed by atoms with E-state index in [1.165, 1.54) is 0 Å². The molecule has 1 rings (SSSR count). The minimum absolute atomic E-state index is 0.615. The lowest BCUT2D eigenvalue weighted by Gasteiger charge is -2.32. The second-order valence-corrected chi connectivity index (χ2v) is 3.95. The third-order valence-corrected chi connectivity index (χ3v) is 2.55. The highest BCUT2D eigenvalue weighted by molar-refractivity contribution is 5.82. The van der Waals surface area contributed by atoms with Gasteiger partial charge in [0.15, 0.2) is 6.04 Å². The number of rotatable bonds is 4. The zero-order valence-corrected chi connectivity index (χ0v) is 9.72. The van der Waals surface area contributed by atoms with Gasteiger partial charge in [0.05, 0.1) is 6.61 Å². The molecule has 8 nitrogen and oxygen atoms in total. The average molecular weight is 246 g/mol. The summed E-state index contributed by atoms with van der Waals surface area (Å²) in [4.78, 5) is 24.1. The quantitative estimate of drug-likeness (QED) is 0.452. The van der Waals surface area contributed by atoms with Crippen molar-refractivity contribution in [3.05, 3.63) is 0 Å². The first kappa shape index (κ1) is 13.7. The zero-order chi connectivity index (χ0) is 12.8. The molecule has 2 amide bonds. The van der Waals surface area contributed by atoms with E-state index in [1.807, 2.05) is 7.05 Å². The molecule has 1 aliphatic rings. The number of aliphatic hydroxyl groups is 1. The van der Waals surface area contributed by atoms with Gasteiger partial charge in [0.25, 0.3) is 0 Å². The number of hydrogen-bond donors (Lipinski definition) is 4. The fraction of sp³-hybridized carbons (Fsp3) is 0.778. The number of nitrogens with zero attached hydrogens (tertiary/aromatic N) is 2. The minimum atomic E-state index is -1.28. The SMILES string of the molecule is CN1CCN(NC(=O)NC(CO)C(=O)O)CC1. The van der Waals surface area contributed by atoms with Crippen LogP contribution in [0.15, 0.2) is 0 Å². The van der Waals surface area contributed by atoms with E-state index in [1.54, 1.807) is 5.01 Å². The van der Waals surface area contributed by atoms with Crippen molar-refractivity contribution in [2.45, 2.75) is 6.04 Å². The third kappa shape index (κ3) is 4.55. The predicted molar refractivity (Wildman–Crippen MR) is 59.2 cm³/mol. The maximum atomic E-state index is 11.4. The molecule has 1 fully saturated rings. The normalized spacial score (nSPS) is 19.6. The van der Waals surface area contributed by atoms with E-state index in [4.69, 9.17) is 10.2 Å². The number of urea groups is 1. The van der Waals surface area contributed by atoms with E-state index >= 15 is 0 Å². The van der Waals surface area contributed by atoms with Crippen molar-refractivity contribution in [1.29, 1.82) is 0 Å². The molecule has 1 heterocycles. The third-order valence-electron chi connectivity index (χ3n) is 2.55. The Labute approximate surface area is 99.2 Å². The molecule has 0 radical (unpaired) electrons. The summed E-state index contributed by atoms with van der Waals surface area (Å²) in [6.45, 7) is 2.40. The Morgan fingerprint density at radius 3 is 2.35 bits per heavy atom. The maximum absolute atomic E-state index is 11.4. The monoisotopic (exact) mass is 246 g/mol. The molecule has 1 atom stereocenters. The van der Waals surface area contributed by atoms with Gasteiger partial charge in [-0.3, -0.25) is 5.43 Å². The number of hydrazine groups is 1. The number of carboxylic acids is 1. The highest BCUT2D eigenvalue weighted by Gasteiger charge is 2.21. The van der Waals surface area contributed by atoms with Crippen LogP contribution in [0.2, 0.25) is 0 Å². The van der Waals surface area contributed by atoms with E-state index in [9.17, 15) is 9.59 Å². The van der Waals surface area contributed by atoms with Crippen LogP contribution in [0.3, 0.4) is 0 Å². The lowest BCUT2D eigenvalue weighted by atomic mass is 10.3. The van der Waals surface area contributed by atoms with E-state index in [0.29, 0.717) is 13.1 Å². The van der Waals surface area contributed by atoms with Crippen molar-refractivity contribution < 1.29 is 19.8 Å². The van der Waals surface area contributed by atoms with E-state index in [2.05, 4.69) is 15.6 Å². The van der Waals surface area contributed by atoms with Gasteiger partial charge in [-0.05, 0) is 7.05 Å².